The molecule has 148 valence electrons. The van der Waals surface area contributed by atoms with Crippen molar-refractivity contribution in [3.63, 3.8) is 0 Å². The van der Waals surface area contributed by atoms with Crippen LogP contribution in [0.5, 0.6) is 11.5 Å². The molecule has 1 aliphatic rings. The van der Waals surface area contributed by atoms with Crippen molar-refractivity contribution >= 4 is 12.0 Å². The van der Waals surface area contributed by atoms with Gasteiger partial charge in [0.05, 0.1) is 32.4 Å². The van der Waals surface area contributed by atoms with Crippen LogP contribution in [-0.4, -0.2) is 32.8 Å². The molecule has 2 amide bonds. The van der Waals surface area contributed by atoms with Gasteiger partial charge in [0.15, 0.2) is 0 Å². The Morgan fingerprint density at radius 3 is 2.63 bits per heavy atom. The second kappa shape index (κ2) is 9.30. The van der Waals surface area contributed by atoms with Crippen molar-refractivity contribution < 1.29 is 23.8 Å². The average molecular weight is 376 g/mol. The van der Waals surface area contributed by atoms with Gasteiger partial charge in [-0.3, -0.25) is 0 Å². The van der Waals surface area contributed by atoms with Gasteiger partial charge in [-0.1, -0.05) is 20.3 Å². The van der Waals surface area contributed by atoms with Gasteiger partial charge in [-0.25, -0.2) is 9.59 Å². The molecule has 0 saturated carbocycles. The second-order valence-corrected chi connectivity index (χ2v) is 6.67. The maximum atomic E-state index is 12.8. The van der Waals surface area contributed by atoms with E-state index in [1.165, 1.54) is 7.11 Å². The van der Waals surface area contributed by atoms with Crippen LogP contribution in [0.25, 0.3) is 0 Å². The van der Waals surface area contributed by atoms with E-state index >= 15 is 0 Å². The number of ether oxygens (including phenoxy) is 3. The molecule has 1 aromatic rings. The summed E-state index contributed by atoms with van der Waals surface area (Å²) in [4.78, 5) is 24.9. The Hall–Kier alpha value is -2.70. The summed E-state index contributed by atoms with van der Waals surface area (Å²) in [6, 6.07) is 4.15. The molecule has 1 heterocycles. The van der Waals surface area contributed by atoms with Gasteiger partial charge in [-0.05, 0) is 37.5 Å². The lowest BCUT2D eigenvalue weighted by molar-refractivity contribution is -0.140. The molecule has 0 saturated heterocycles. The molecule has 7 heteroatoms. The van der Waals surface area contributed by atoms with E-state index in [1.54, 1.807) is 32.2 Å². The topological polar surface area (TPSA) is 85.9 Å². The fraction of sp³-hybridized carbons (Fsp3) is 0.500. The summed E-state index contributed by atoms with van der Waals surface area (Å²) < 4.78 is 16.2. The number of benzene rings is 1. The van der Waals surface area contributed by atoms with E-state index in [9.17, 15) is 9.59 Å². The first-order chi connectivity index (χ1) is 12.9. The molecule has 0 bridgehead atoms. The number of rotatable bonds is 8. The molecule has 2 N–H and O–H groups in total. The zero-order valence-electron chi connectivity index (χ0n) is 16.5. The first kappa shape index (κ1) is 20.6. The van der Waals surface area contributed by atoms with E-state index in [0.717, 1.165) is 12.8 Å². The molecule has 2 rings (SSSR count). The third-order valence-electron chi connectivity index (χ3n) is 4.52. The van der Waals surface area contributed by atoms with Crippen molar-refractivity contribution in [1.29, 1.82) is 0 Å². The molecule has 27 heavy (non-hydrogen) atoms. The molecule has 0 spiro atoms. The lowest BCUT2D eigenvalue weighted by Crippen LogP contribution is -2.45. The predicted octanol–water partition coefficient (Wildman–Crippen LogP) is 3.31. The lowest BCUT2D eigenvalue weighted by Gasteiger charge is -2.29. The van der Waals surface area contributed by atoms with Crippen LogP contribution in [0.3, 0.4) is 0 Å². The fourth-order valence-corrected chi connectivity index (χ4v) is 3.13. The van der Waals surface area contributed by atoms with Gasteiger partial charge in [0, 0.05) is 11.3 Å². The van der Waals surface area contributed by atoms with Crippen LogP contribution >= 0.6 is 0 Å². The minimum atomic E-state index is -0.696. The van der Waals surface area contributed by atoms with Crippen molar-refractivity contribution in [3.05, 3.63) is 35.0 Å². The Balaban J connectivity index is 2.37. The highest BCUT2D eigenvalue weighted by Crippen LogP contribution is 2.35. The zero-order valence-corrected chi connectivity index (χ0v) is 16.5. The van der Waals surface area contributed by atoms with E-state index in [0.29, 0.717) is 34.9 Å². The quantitative estimate of drug-likeness (QED) is 0.680. The Bertz CT molecular complexity index is 729. The molecule has 7 nitrogen and oxygen atoms in total. The minimum absolute atomic E-state index is 0.274. The summed E-state index contributed by atoms with van der Waals surface area (Å²) in [5, 5.41) is 5.43. The summed E-state index contributed by atoms with van der Waals surface area (Å²) in [5.74, 6) is 0.953. The average Bonchev–Trinajstić information content (AvgIpc) is 2.65. The molecule has 0 radical (unpaired) electrons. The number of hydrogen-bond acceptors (Lipinski definition) is 5. The van der Waals surface area contributed by atoms with Crippen LogP contribution in [-0.2, 0) is 9.53 Å². The maximum absolute atomic E-state index is 12.8. The van der Waals surface area contributed by atoms with Crippen molar-refractivity contribution in [2.45, 2.75) is 39.7 Å². The van der Waals surface area contributed by atoms with Crippen molar-refractivity contribution in [2.24, 2.45) is 5.92 Å². The number of urea groups is 1. The number of hydrogen-bond donors (Lipinski definition) is 2. The van der Waals surface area contributed by atoms with Gasteiger partial charge in [0.25, 0.3) is 0 Å². The van der Waals surface area contributed by atoms with Gasteiger partial charge in [-0.15, -0.1) is 0 Å². The normalized spacial score (nSPS) is 17.7. The summed E-state index contributed by atoms with van der Waals surface area (Å²) in [6.07, 6.45) is 2.01. The number of methoxy groups -OCH3 is 2. The molecular formula is C20H28N2O5. The van der Waals surface area contributed by atoms with Gasteiger partial charge in [-0.2, -0.15) is 0 Å². The van der Waals surface area contributed by atoms with E-state index in [1.807, 2.05) is 6.92 Å². The molecular weight excluding hydrogens is 348 g/mol. The van der Waals surface area contributed by atoms with Crippen molar-refractivity contribution in [3.8, 4) is 11.5 Å². The largest absolute Gasteiger partial charge is 0.497 e. The van der Waals surface area contributed by atoms with Crippen LogP contribution in [0.1, 0.15) is 45.2 Å². The van der Waals surface area contributed by atoms with Crippen LogP contribution < -0.4 is 20.1 Å². The van der Waals surface area contributed by atoms with E-state index < -0.39 is 18.0 Å². The SMILES string of the molecule is CCCC(C)COC(=O)C1=C(C)NC(=O)NC1c1cc(OC)ccc1OC. The predicted molar refractivity (Wildman–Crippen MR) is 102 cm³/mol. The standard InChI is InChI=1S/C20H28N2O5/c1-6-7-12(2)11-27-19(23)17-13(3)21-20(24)22-18(17)15-10-14(25-4)8-9-16(15)26-5/h8-10,12,18H,6-7,11H2,1-5H3,(H2,21,22,24). The molecule has 1 aliphatic heterocycles. The third-order valence-corrected chi connectivity index (χ3v) is 4.52. The highest BCUT2D eigenvalue weighted by atomic mass is 16.5. The van der Waals surface area contributed by atoms with Gasteiger partial charge in [0.1, 0.15) is 11.5 Å². The van der Waals surface area contributed by atoms with Gasteiger partial charge >= 0.3 is 12.0 Å². The Morgan fingerprint density at radius 1 is 1.26 bits per heavy atom. The first-order valence-corrected chi connectivity index (χ1v) is 9.08. The minimum Gasteiger partial charge on any atom is -0.497 e. The first-order valence-electron chi connectivity index (χ1n) is 9.08. The lowest BCUT2D eigenvalue weighted by atomic mass is 9.94. The smallest absolute Gasteiger partial charge is 0.338 e. The van der Waals surface area contributed by atoms with Crippen molar-refractivity contribution in [2.75, 3.05) is 20.8 Å². The number of carbonyl (C=O) groups excluding carboxylic acids is 2. The van der Waals surface area contributed by atoms with Gasteiger partial charge < -0.3 is 24.8 Å². The summed E-state index contributed by atoms with van der Waals surface area (Å²) in [6.45, 7) is 6.15. The maximum Gasteiger partial charge on any atom is 0.338 e. The Morgan fingerprint density at radius 2 is 2.00 bits per heavy atom. The van der Waals surface area contributed by atoms with Crippen LogP contribution in [0.15, 0.2) is 29.5 Å². The number of allylic oxidation sites excluding steroid dienone is 1. The number of nitrogens with one attached hydrogen (secondary N) is 2. The van der Waals surface area contributed by atoms with E-state index in [-0.39, 0.29) is 5.92 Å². The molecule has 2 unspecified atom stereocenters. The number of amides is 2. The summed E-state index contributed by atoms with van der Waals surface area (Å²) in [5.41, 5.74) is 1.44. The molecule has 0 aromatic heterocycles. The highest BCUT2D eigenvalue weighted by molar-refractivity contribution is 5.95. The Kier molecular flexibility index (Phi) is 7.10. The van der Waals surface area contributed by atoms with E-state index in [4.69, 9.17) is 14.2 Å². The second-order valence-electron chi connectivity index (χ2n) is 6.67. The molecule has 2 atom stereocenters. The molecule has 0 aliphatic carbocycles. The molecule has 1 aromatic carbocycles. The zero-order chi connectivity index (χ0) is 20.0. The fourth-order valence-electron chi connectivity index (χ4n) is 3.13. The number of carbonyl (C=O) groups is 2. The highest BCUT2D eigenvalue weighted by Gasteiger charge is 2.34. The monoisotopic (exact) mass is 376 g/mol. The van der Waals surface area contributed by atoms with Crippen molar-refractivity contribution in [1.82, 2.24) is 10.6 Å². The number of esters is 1. The Labute approximate surface area is 160 Å². The van der Waals surface area contributed by atoms with Crippen LogP contribution in [0.4, 0.5) is 4.79 Å². The summed E-state index contributed by atoms with van der Waals surface area (Å²) >= 11 is 0. The van der Waals surface area contributed by atoms with Gasteiger partial charge in [0.2, 0.25) is 0 Å². The molecule has 0 fully saturated rings. The van der Waals surface area contributed by atoms with Crippen LogP contribution in [0, 0.1) is 5.92 Å². The van der Waals surface area contributed by atoms with Crippen LogP contribution in [0.2, 0.25) is 0 Å². The van der Waals surface area contributed by atoms with E-state index in [2.05, 4.69) is 17.6 Å². The summed E-state index contributed by atoms with van der Waals surface area (Å²) in [7, 11) is 3.09. The third kappa shape index (κ3) is 4.93.